The molecule has 32 heavy (non-hydrogen) atoms. The van der Waals surface area contributed by atoms with Crippen molar-refractivity contribution in [2.75, 3.05) is 24.9 Å². The fourth-order valence-electron chi connectivity index (χ4n) is 2.79. The van der Waals surface area contributed by atoms with Crippen molar-refractivity contribution in [3.05, 3.63) is 108 Å². The third kappa shape index (κ3) is 6.34. The van der Waals surface area contributed by atoms with Gasteiger partial charge in [0.1, 0.15) is 11.5 Å². The largest absolute Gasteiger partial charge is 0.497 e. The van der Waals surface area contributed by atoms with Gasteiger partial charge in [-0.2, -0.15) is 0 Å². The molecule has 0 saturated heterocycles. The number of hydrogen-bond donors (Lipinski definition) is 2. The molecule has 0 unspecified atom stereocenters. The van der Waals surface area contributed by atoms with E-state index in [0.717, 1.165) is 11.4 Å². The number of anilines is 2. The molecule has 6 heteroatoms. The number of carbonyl (C=O) groups is 2. The SMILES string of the molecule is COc1ccc(C(=O)C=CNc2ccc(NC=CC(=O)c3ccc(OC)cc3)cc2)cc1. The fraction of sp³-hybridized carbons (Fsp3) is 0.0769. The number of carbonyl (C=O) groups excluding carboxylic acids is 2. The van der Waals surface area contributed by atoms with Crippen molar-refractivity contribution in [1.82, 2.24) is 0 Å². The van der Waals surface area contributed by atoms with Crippen LogP contribution in [0.1, 0.15) is 20.7 Å². The average molecular weight is 428 g/mol. The maximum atomic E-state index is 12.2. The van der Waals surface area contributed by atoms with E-state index in [1.54, 1.807) is 75.2 Å². The van der Waals surface area contributed by atoms with Gasteiger partial charge in [-0.3, -0.25) is 9.59 Å². The van der Waals surface area contributed by atoms with Crippen LogP contribution in [0.3, 0.4) is 0 Å². The van der Waals surface area contributed by atoms with Gasteiger partial charge in [-0.15, -0.1) is 0 Å². The van der Waals surface area contributed by atoms with E-state index in [-0.39, 0.29) is 11.6 Å². The lowest BCUT2D eigenvalue weighted by Gasteiger charge is -2.04. The third-order valence-corrected chi connectivity index (χ3v) is 4.60. The van der Waals surface area contributed by atoms with Crippen molar-refractivity contribution in [2.45, 2.75) is 0 Å². The second kappa shape index (κ2) is 11.2. The molecule has 0 aliphatic carbocycles. The van der Waals surface area contributed by atoms with Crippen molar-refractivity contribution < 1.29 is 19.1 Å². The zero-order chi connectivity index (χ0) is 22.8. The highest BCUT2D eigenvalue weighted by molar-refractivity contribution is 6.05. The Hall–Kier alpha value is -4.32. The van der Waals surface area contributed by atoms with Gasteiger partial charge in [0.2, 0.25) is 0 Å². The van der Waals surface area contributed by atoms with E-state index in [4.69, 9.17) is 9.47 Å². The van der Waals surface area contributed by atoms with Crippen molar-refractivity contribution in [3.8, 4) is 11.5 Å². The molecule has 0 atom stereocenters. The zero-order valence-corrected chi connectivity index (χ0v) is 17.9. The van der Waals surface area contributed by atoms with Gasteiger partial charge in [-0.05, 0) is 72.8 Å². The van der Waals surface area contributed by atoms with Crippen LogP contribution in [0.2, 0.25) is 0 Å². The lowest BCUT2D eigenvalue weighted by atomic mass is 10.1. The van der Waals surface area contributed by atoms with Gasteiger partial charge in [-0.1, -0.05) is 0 Å². The summed E-state index contributed by atoms with van der Waals surface area (Å²) in [7, 11) is 3.17. The van der Waals surface area contributed by atoms with Gasteiger partial charge >= 0.3 is 0 Å². The van der Waals surface area contributed by atoms with E-state index in [2.05, 4.69) is 10.6 Å². The Bertz CT molecular complexity index is 1010. The van der Waals surface area contributed by atoms with Crippen LogP contribution in [-0.4, -0.2) is 25.8 Å². The van der Waals surface area contributed by atoms with Crippen LogP contribution in [0, 0.1) is 0 Å². The minimum atomic E-state index is -0.106. The maximum absolute atomic E-state index is 12.2. The molecule has 0 radical (unpaired) electrons. The first-order valence-electron chi connectivity index (χ1n) is 9.92. The van der Waals surface area contributed by atoms with Gasteiger partial charge in [0.05, 0.1) is 14.2 Å². The van der Waals surface area contributed by atoms with Crippen LogP contribution < -0.4 is 20.1 Å². The smallest absolute Gasteiger partial charge is 0.187 e. The van der Waals surface area contributed by atoms with Gasteiger partial charge in [0, 0.05) is 47.1 Å². The Morgan fingerprint density at radius 3 is 1.25 bits per heavy atom. The van der Waals surface area contributed by atoms with Crippen molar-refractivity contribution in [3.63, 3.8) is 0 Å². The first-order valence-corrected chi connectivity index (χ1v) is 9.92. The summed E-state index contributed by atoms with van der Waals surface area (Å²) in [6.07, 6.45) is 6.15. The Balaban J connectivity index is 1.48. The summed E-state index contributed by atoms with van der Waals surface area (Å²) in [6.45, 7) is 0. The first kappa shape index (κ1) is 22.4. The molecule has 2 N–H and O–H groups in total. The number of rotatable bonds is 10. The summed E-state index contributed by atoms with van der Waals surface area (Å²) in [5.74, 6) is 1.20. The number of ether oxygens (including phenoxy) is 2. The number of methoxy groups -OCH3 is 2. The molecule has 0 spiro atoms. The molecule has 0 aliphatic rings. The monoisotopic (exact) mass is 428 g/mol. The molecule has 6 nitrogen and oxygen atoms in total. The lowest BCUT2D eigenvalue weighted by Crippen LogP contribution is -1.97. The van der Waals surface area contributed by atoms with E-state index < -0.39 is 0 Å². The Morgan fingerprint density at radius 2 is 0.938 bits per heavy atom. The summed E-state index contributed by atoms with van der Waals surface area (Å²) in [5.41, 5.74) is 2.82. The second-order valence-corrected chi connectivity index (χ2v) is 6.72. The molecule has 0 amide bonds. The fourth-order valence-corrected chi connectivity index (χ4v) is 2.79. The van der Waals surface area contributed by atoms with E-state index in [1.807, 2.05) is 24.3 Å². The second-order valence-electron chi connectivity index (χ2n) is 6.72. The number of allylic oxidation sites excluding steroid dienone is 2. The quantitative estimate of drug-likeness (QED) is 0.336. The van der Waals surface area contributed by atoms with Crippen molar-refractivity contribution in [1.29, 1.82) is 0 Å². The summed E-state index contributed by atoms with van der Waals surface area (Å²) in [5, 5.41) is 6.13. The topological polar surface area (TPSA) is 76.7 Å². The Kier molecular flexibility index (Phi) is 7.81. The molecule has 0 fully saturated rings. The highest BCUT2D eigenvalue weighted by Crippen LogP contribution is 2.15. The molecule has 3 aromatic carbocycles. The minimum Gasteiger partial charge on any atom is -0.497 e. The highest BCUT2D eigenvalue weighted by atomic mass is 16.5. The molecule has 0 aromatic heterocycles. The first-order chi connectivity index (χ1) is 15.6. The number of nitrogens with one attached hydrogen (secondary N) is 2. The van der Waals surface area contributed by atoms with E-state index in [9.17, 15) is 9.59 Å². The third-order valence-electron chi connectivity index (χ3n) is 4.60. The van der Waals surface area contributed by atoms with Crippen molar-refractivity contribution >= 4 is 22.9 Å². The molecule has 162 valence electrons. The molecule has 0 aliphatic heterocycles. The molecule has 0 heterocycles. The summed E-state index contributed by atoms with van der Waals surface area (Å²) >= 11 is 0. The van der Waals surface area contributed by atoms with Crippen LogP contribution in [0.5, 0.6) is 11.5 Å². The minimum absolute atomic E-state index is 0.106. The molecular weight excluding hydrogens is 404 g/mol. The number of ketones is 2. The Labute approximate surface area is 187 Å². The van der Waals surface area contributed by atoms with Gasteiger partial charge in [0.25, 0.3) is 0 Å². The predicted molar refractivity (Wildman–Crippen MR) is 127 cm³/mol. The average Bonchev–Trinajstić information content (AvgIpc) is 2.85. The highest BCUT2D eigenvalue weighted by Gasteiger charge is 2.02. The van der Waals surface area contributed by atoms with Gasteiger partial charge < -0.3 is 20.1 Å². The molecule has 0 bridgehead atoms. The number of benzene rings is 3. The van der Waals surface area contributed by atoms with E-state index in [1.165, 1.54) is 12.2 Å². The molecular formula is C26H24N2O4. The van der Waals surface area contributed by atoms with Crippen LogP contribution in [-0.2, 0) is 0 Å². The van der Waals surface area contributed by atoms with Crippen molar-refractivity contribution in [2.24, 2.45) is 0 Å². The van der Waals surface area contributed by atoms with Gasteiger partial charge in [0.15, 0.2) is 11.6 Å². The Morgan fingerprint density at radius 1 is 0.594 bits per heavy atom. The van der Waals surface area contributed by atoms with Crippen LogP contribution in [0.4, 0.5) is 11.4 Å². The summed E-state index contributed by atoms with van der Waals surface area (Å²) in [4.78, 5) is 24.4. The standard InChI is InChI=1S/C26H24N2O4/c1-31-23-11-3-19(4-12-23)25(29)15-17-27-21-7-9-22(10-8-21)28-18-16-26(30)20-5-13-24(32-2)14-6-20/h3-18,27-28H,1-2H3. The molecule has 3 aromatic rings. The molecule has 0 saturated carbocycles. The number of hydrogen-bond acceptors (Lipinski definition) is 6. The summed E-state index contributed by atoms with van der Waals surface area (Å²) in [6, 6.07) is 21.3. The maximum Gasteiger partial charge on any atom is 0.187 e. The van der Waals surface area contributed by atoms with E-state index >= 15 is 0 Å². The summed E-state index contributed by atoms with van der Waals surface area (Å²) < 4.78 is 10.2. The van der Waals surface area contributed by atoms with E-state index in [0.29, 0.717) is 22.6 Å². The van der Waals surface area contributed by atoms with Crippen LogP contribution in [0.25, 0.3) is 0 Å². The predicted octanol–water partition coefficient (Wildman–Crippen LogP) is 5.32. The normalized spacial score (nSPS) is 10.8. The van der Waals surface area contributed by atoms with Gasteiger partial charge in [-0.25, -0.2) is 0 Å². The van der Waals surface area contributed by atoms with Crippen LogP contribution in [0.15, 0.2) is 97.3 Å². The molecule has 3 rings (SSSR count). The lowest BCUT2D eigenvalue weighted by molar-refractivity contribution is 0.103. The van der Waals surface area contributed by atoms with Crippen LogP contribution >= 0.6 is 0 Å². The zero-order valence-electron chi connectivity index (χ0n) is 17.9.